The molecule has 2 saturated carbocycles. The molecular formula is C13H23N. The Hall–Kier alpha value is -0.0400. The molecule has 3 fully saturated rings. The molecule has 0 aromatic rings. The zero-order valence-electron chi connectivity index (χ0n) is 9.17. The molecule has 2 aliphatic carbocycles. The molecule has 0 amide bonds. The molecule has 0 bridgehead atoms. The number of hydrogen-bond donors (Lipinski definition) is 1. The Morgan fingerprint density at radius 3 is 1.93 bits per heavy atom. The molecule has 0 aromatic carbocycles. The minimum Gasteiger partial charge on any atom is -0.313 e. The van der Waals surface area contributed by atoms with E-state index in [1.165, 1.54) is 57.9 Å². The Labute approximate surface area is 87.7 Å². The first kappa shape index (κ1) is 9.21. The summed E-state index contributed by atoms with van der Waals surface area (Å²) in [6.07, 6.45) is 12.1. The van der Waals surface area contributed by atoms with E-state index in [4.69, 9.17) is 0 Å². The Morgan fingerprint density at radius 1 is 0.714 bits per heavy atom. The van der Waals surface area contributed by atoms with Gasteiger partial charge in [0.05, 0.1) is 0 Å². The van der Waals surface area contributed by atoms with Gasteiger partial charge in [0, 0.05) is 6.04 Å². The van der Waals surface area contributed by atoms with Crippen LogP contribution in [0.25, 0.3) is 0 Å². The molecule has 1 heterocycles. The monoisotopic (exact) mass is 193 g/mol. The van der Waals surface area contributed by atoms with Gasteiger partial charge in [-0.05, 0) is 50.0 Å². The first-order valence-corrected chi connectivity index (χ1v) is 6.68. The minimum atomic E-state index is 0.931. The van der Waals surface area contributed by atoms with Crippen LogP contribution < -0.4 is 5.32 Å². The lowest BCUT2D eigenvalue weighted by Crippen LogP contribution is -2.57. The highest BCUT2D eigenvalue weighted by molar-refractivity contribution is 5.00. The molecule has 1 heteroatoms. The molecule has 2 unspecified atom stereocenters. The van der Waals surface area contributed by atoms with Gasteiger partial charge in [-0.2, -0.15) is 0 Å². The van der Waals surface area contributed by atoms with E-state index in [1.54, 1.807) is 0 Å². The Balaban J connectivity index is 1.57. The molecule has 0 radical (unpaired) electrons. The number of nitrogens with one attached hydrogen (secondary N) is 1. The van der Waals surface area contributed by atoms with Crippen LogP contribution in [0, 0.1) is 17.8 Å². The number of rotatable bonds is 2. The van der Waals surface area contributed by atoms with Crippen molar-refractivity contribution in [2.45, 2.75) is 57.4 Å². The molecule has 1 aliphatic heterocycles. The molecule has 1 saturated heterocycles. The highest BCUT2D eigenvalue weighted by atomic mass is 15.0. The van der Waals surface area contributed by atoms with Crippen molar-refractivity contribution >= 4 is 0 Å². The summed E-state index contributed by atoms with van der Waals surface area (Å²) in [5.41, 5.74) is 0. The summed E-state index contributed by atoms with van der Waals surface area (Å²) in [6.45, 7) is 1.34. The highest BCUT2D eigenvalue weighted by Gasteiger charge is 2.44. The molecular weight excluding hydrogens is 170 g/mol. The van der Waals surface area contributed by atoms with E-state index in [2.05, 4.69) is 5.32 Å². The van der Waals surface area contributed by atoms with E-state index in [1.807, 2.05) is 0 Å². The molecule has 3 aliphatic rings. The second-order valence-corrected chi connectivity index (χ2v) is 5.69. The Kier molecular flexibility index (Phi) is 2.53. The van der Waals surface area contributed by atoms with Gasteiger partial charge < -0.3 is 5.32 Å². The van der Waals surface area contributed by atoms with Crippen LogP contribution in [0.2, 0.25) is 0 Å². The van der Waals surface area contributed by atoms with Crippen molar-refractivity contribution in [2.75, 3.05) is 6.54 Å². The van der Waals surface area contributed by atoms with Crippen molar-refractivity contribution in [3.63, 3.8) is 0 Å². The van der Waals surface area contributed by atoms with E-state index in [0.29, 0.717) is 0 Å². The Bertz CT molecular complexity index is 189. The topological polar surface area (TPSA) is 12.0 Å². The molecule has 2 atom stereocenters. The highest BCUT2D eigenvalue weighted by Crippen LogP contribution is 2.45. The normalized spacial score (nSPS) is 40.3. The van der Waals surface area contributed by atoms with Gasteiger partial charge in [-0.1, -0.05) is 25.7 Å². The predicted octanol–water partition coefficient (Wildman–Crippen LogP) is 2.95. The van der Waals surface area contributed by atoms with E-state index >= 15 is 0 Å². The van der Waals surface area contributed by atoms with Crippen LogP contribution in [-0.4, -0.2) is 12.6 Å². The average molecular weight is 193 g/mol. The third kappa shape index (κ3) is 1.71. The maximum atomic E-state index is 3.71. The maximum absolute atomic E-state index is 3.71. The molecule has 1 nitrogen and oxygen atoms in total. The smallest absolute Gasteiger partial charge is 0.0138 e. The summed E-state index contributed by atoms with van der Waals surface area (Å²) >= 11 is 0. The van der Waals surface area contributed by atoms with Crippen LogP contribution in [0.5, 0.6) is 0 Å². The Morgan fingerprint density at radius 2 is 1.43 bits per heavy atom. The van der Waals surface area contributed by atoms with Crippen molar-refractivity contribution in [3.05, 3.63) is 0 Å². The predicted molar refractivity (Wildman–Crippen MR) is 59.2 cm³/mol. The lowest BCUT2D eigenvalue weighted by atomic mass is 9.76. The first-order chi connectivity index (χ1) is 6.95. The summed E-state index contributed by atoms with van der Waals surface area (Å²) in [7, 11) is 0. The van der Waals surface area contributed by atoms with E-state index < -0.39 is 0 Å². The van der Waals surface area contributed by atoms with Crippen LogP contribution in [0.3, 0.4) is 0 Å². The first-order valence-electron chi connectivity index (χ1n) is 6.68. The van der Waals surface area contributed by atoms with Crippen molar-refractivity contribution in [2.24, 2.45) is 17.8 Å². The van der Waals surface area contributed by atoms with Gasteiger partial charge >= 0.3 is 0 Å². The lowest BCUT2D eigenvalue weighted by molar-refractivity contribution is 0.128. The molecule has 80 valence electrons. The molecule has 3 rings (SSSR count). The lowest BCUT2D eigenvalue weighted by Gasteiger charge is -2.43. The molecule has 0 aromatic heterocycles. The zero-order chi connectivity index (χ0) is 9.38. The van der Waals surface area contributed by atoms with Crippen molar-refractivity contribution < 1.29 is 0 Å². The minimum absolute atomic E-state index is 0.931. The average Bonchev–Trinajstić information content (AvgIpc) is 2.90. The third-order valence-electron chi connectivity index (χ3n) is 4.69. The summed E-state index contributed by atoms with van der Waals surface area (Å²) in [4.78, 5) is 0. The second kappa shape index (κ2) is 3.84. The van der Waals surface area contributed by atoms with Crippen molar-refractivity contribution in [1.82, 2.24) is 5.32 Å². The van der Waals surface area contributed by atoms with Crippen LogP contribution in [0.4, 0.5) is 0 Å². The van der Waals surface area contributed by atoms with Crippen molar-refractivity contribution in [1.29, 1.82) is 0 Å². The molecule has 0 spiro atoms. The fourth-order valence-corrected chi connectivity index (χ4v) is 3.56. The van der Waals surface area contributed by atoms with Crippen LogP contribution >= 0.6 is 0 Å². The van der Waals surface area contributed by atoms with Gasteiger partial charge in [0.1, 0.15) is 0 Å². The van der Waals surface area contributed by atoms with E-state index in [9.17, 15) is 0 Å². The largest absolute Gasteiger partial charge is 0.313 e. The summed E-state index contributed by atoms with van der Waals surface area (Å²) < 4.78 is 0. The summed E-state index contributed by atoms with van der Waals surface area (Å²) in [5, 5.41) is 3.71. The van der Waals surface area contributed by atoms with Gasteiger partial charge in [0.2, 0.25) is 0 Å². The zero-order valence-corrected chi connectivity index (χ0v) is 9.17. The van der Waals surface area contributed by atoms with Gasteiger partial charge in [0.15, 0.2) is 0 Å². The number of hydrogen-bond acceptors (Lipinski definition) is 1. The van der Waals surface area contributed by atoms with E-state index in [0.717, 1.165) is 23.8 Å². The van der Waals surface area contributed by atoms with Crippen molar-refractivity contribution in [3.8, 4) is 0 Å². The second-order valence-electron chi connectivity index (χ2n) is 5.69. The van der Waals surface area contributed by atoms with Gasteiger partial charge in [-0.15, -0.1) is 0 Å². The van der Waals surface area contributed by atoms with Crippen LogP contribution in [0.15, 0.2) is 0 Å². The van der Waals surface area contributed by atoms with Gasteiger partial charge in [-0.25, -0.2) is 0 Å². The van der Waals surface area contributed by atoms with Crippen LogP contribution in [-0.2, 0) is 0 Å². The SMILES string of the molecule is C1CCCC(C2NCC2C2CC2)CC1. The third-order valence-corrected chi connectivity index (χ3v) is 4.69. The fourth-order valence-electron chi connectivity index (χ4n) is 3.56. The van der Waals surface area contributed by atoms with Gasteiger partial charge in [0.25, 0.3) is 0 Å². The van der Waals surface area contributed by atoms with Crippen LogP contribution in [0.1, 0.15) is 51.4 Å². The van der Waals surface area contributed by atoms with Gasteiger partial charge in [-0.3, -0.25) is 0 Å². The van der Waals surface area contributed by atoms with E-state index in [-0.39, 0.29) is 0 Å². The summed E-state index contributed by atoms with van der Waals surface area (Å²) in [5.74, 6) is 3.25. The molecule has 1 N–H and O–H groups in total. The molecule has 14 heavy (non-hydrogen) atoms. The quantitative estimate of drug-likeness (QED) is 0.665. The summed E-state index contributed by atoms with van der Waals surface area (Å²) in [6, 6.07) is 0.931. The fraction of sp³-hybridized carbons (Fsp3) is 1.00. The maximum Gasteiger partial charge on any atom is 0.0138 e. The standard InChI is InChI=1S/C13H23N/c1-2-4-6-11(5-3-1)13-12(9-14-13)10-7-8-10/h10-14H,1-9H2.